The van der Waals surface area contributed by atoms with Gasteiger partial charge in [-0.25, -0.2) is 0 Å². The summed E-state index contributed by atoms with van der Waals surface area (Å²) in [6.07, 6.45) is 0. The van der Waals surface area contributed by atoms with Crippen LogP contribution in [0.5, 0.6) is 0 Å². The van der Waals surface area contributed by atoms with Gasteiger partial charge in [0.05, 0.1) is 0 Å². The van der Waals surface area contributed by atoms with Gasteiger partial charge in [-0.2, -0.15) is 15.8 Å². The normalized spacial score (nSPS) is 9.14. The molecule has 6 heteroatoms. The van der Waals surface area contributed by atoms with E-state index in [4.69, 9.17) is 15.8 Å². The summed E-state index contributed by atoms with van der Waals surface area (Å²) in [5, 5.41) is 32.2. The molecule has 1 rings (SSSR count). The topological polar surface area (TPSA) is 112 Å². The lowest BCUT2D eigenvalue weighted by Crippen LogP contribution is -2.30. The fraction of sp³-hybridized carbons (Fsp3) is 0.250. The van der Waals surface area contributed by atoms with Crippen LogP contribution in [0.3, 0.4) is 0 Å². The quantitative estimate of drug-likeness (QED) is 0.827. The van der Waals surface area contributed by atoms with E-state index in [1.54, 1.807) is 43.3 Å². The Bertz CT molecular complexity index is 725. The summed E-state index contributed by atoms with van der Waals surface area (Å²) in [5.41, 5.74) is 1.37. The smallest absolute Gasteiger partial charge is 0.251 e. The van der Waals surface area contributed by atoms with Gasteiger partial charge in [-0.1, -0.05) is 0 Å². The Balaban J connectivity index is 3.09. The van der Waals surface area contributed by atoms with Gasteiger partial charge < -0.3 is 10.6 Å². The molecule has 0 aliphatic heterocycles. The summed E-state index contributed by atoms with van der Waals surface area (Å²) in [4.78, 5) is 11.9. The van der Waals surface area contributed by atoms with Gasteiger partial charge in [-0.15, -0.1) is 0 Å². The molecule has 0 aliphatic carbocycles. The molecule has 2 N–H and O–H groups in total. The van der Waals surface area contributed by atoms with Gasteiger partial charge in [0.1, 0.15) is 23.9 Å². The minimum absolute atomic E-state index is 0.0348. The molecule has 0 saturated carbocycles. The van der Waals surface area contributed by atoms with E-state index in [1.807, 2.05) is 13.8 Å². The number of anilines is 1. The number of carbonyl (C=O) groups excluding carboxylic acids is 1. The summed E-state index contributed by atoms with van der Waals surface area (Å²) >= 11 is 0. The van der Waals surface area contributed by atoms with E-state index in [9.17, 15) is 4.79 Å². The molecule has 1 aromatic rings. The molecule has 0 spiro atoms. The van der Waals surface area contributed by atoms with E-state index < -0.39 is 0 Å². The zero-order valence-corrected chi connectivity index (χ0v) is 12.6. The summed E-state index contributed by atoms with van der Waals surface area (Å²) in [6.45, 7) is 5.51. The fourth-order valence-electron chi connectivity index (χ4n) is 1.71. The summed E-state index contributed by atoms with van der Waals surface area (Å²) in [6, 6.07) is 10.1. The Morgan fingerprint density at radius 1 is 1.14 bits per heavy atom. The zero-order chi connectivity index (χ0) is 16.7. The molecule has 0 aromatic heterocycles. The number of nitrogens with zero attached hydrogens (tertiary/aromatic N) is 3. The highest BCUT2D eigenvalue weighted by Crippen LogP contribution is 2.19. The second kappa shape index (κ2) is 7.47. The molecule has 0 atom stereocenters. The van der Waals surface area contributed by atoms with Crippen molar-refractivity contribution in [2.45, 2.75) is 26.8 Å². The third-order valence-electron chi connectivity index (χ3n) is 2.75. The van der Waals surface area contributed by atoms with Gasteiger partial charge in [0.25, 0.3) is 5.91 Å². The summed E-state index contributed by atoms with van der Waals surface area (Å²) in [5.74, 6) is -0.185. The molecule has 0 saturated heterocycles. The highest BCUT2D eigenvalue weighted by Gasteiger charge is 2.11. The predicted octanol–water partition coefficient (Wildman–Crippen LogP) is 2.37. The minimum Gasteiger partial charge on any atom is -0.350 e. The number of allylic oxidation sites excluding steroid dienone is 2. The maximum Gasteiger partial charge on any atom is 0.251 e. The molecule has 1 amide bonds. The van der Waals surface area contributed by atoms with Crippen molar-refractivity contribution in [2.75, 3.05) is 5.32 Å². The van der Waals surface area contributed by atoms with Crippen LogP contribution < -0.4 is 10.6 Å². The van der Waals surface area contributed by atoms with Crippen molar-refractivity contribution in [3.05, 3.63) is 40.6 Å². The van der Waals surface area contributed by atoms with Crippen molar-refractivity contribution in [1.82, 2.24) is 5.32 Å². The summed E-state index contributed by atoms with van der Waals surface area (Å²) in [7, 11) is 0. The molecule has 0 unspecified atom stereocenters. The Morgan fingerprint density at radius 2 is 1.77 bits per heavy atom. The first-order valence-electron chi connectivity index (χ1n) is 6.56. The number of nitriles is 3. The van der Waals surface area contributed by atoms with Gasteiger partial charge in [0.15, 0.2) is 5.57 Å². The maximum atomic E-state index is 11.9. The van der Waals surface area contributed by atoms with Crippen LogP contribution >= 0.6 is 0 Å². The van der Waals surface area contributed by atoms with E-state index in [0.29, 0.717) is 11.3 Å². The minimum atomic E-state index is -0.288. The van der Waals surface area contributed by atoms with Crippen LogP contribution in [0, 0.1) is 40.9 Å². The van der Waals surface area contributed by atoms with Gasteiger partial charge >= 0.3 is 0 Å². The summed E-state index contributed by atoms with van der Waals surface area (Å²) < 4.78 is 0. The van der Waals surface area contributed by atoms with Gasteiger partial charge in [0.2, 0.25) is 0 Å². The standard InChI is InChI=1S/C16H15N5O/c1-10(2)20-16(22)12-4-5-14(11(3)6-12)21-15(9-19)13(7-17)8-18/h4-6,10,21H,1-3H3,(H,20,22). The van der Waals surface area contributed by atoms with Crippen molar-refractivity contribution in [3.63, 3.8) is 0 Å². The largest absolute Gasteiger partial charge is 0.350 e. The lowest BCUT2D eigenvalue weighted by Gasteiger charge is -2.12. The number of nitrogens with one attached hydrogen (secondary N) is 2. The van der Waals surface area contributed by atoms with Gasteiger partial charge in [-0.05, 0) is 44.5 Å². The Kier molecular flexibility index (Phi) is 5.69. The number of carbonyl (C=O) groups is 1. The molecule has 0 heterocycles. The van der Waals surface area contributed by atoms with Crippen LogP contribution in [-0.4, -0.2) is 11.9 Å². The fourth-order valence-corrected chi connectivity index (χ4v) is 1.71. The molecule has 0 radical (unpaired) electrons. The van der Waals surface area contributed by atoms with Crippen molar-refractivity contribution < 1.29 is 4.79 Å². The number of hydrogen-bond donors (Lipinski definition) is 2. The first kappa shape index (κ1) is 16.8. The van der Waals surface area contributed by atoms with Crippen LogP contribution in [0.2, 0.25) is 0 Å². The molecule has 0 aliphatic rings. The highest BCUT2D eigenvalue weighted by molar-refractivity contribution is 5.95. The van der Waals surface area contributed by atoms with E-state index in [2.05, 4.69) is 10.6 Å². The van der Waals surface area contributed by atoms with Gasteiger partial charge in [0, 0.05) is 17.3 Å². The van der Waals surface area contributed by atoms with E-state index >= 15 is 0 Å². The van der Waals surface area contributed by atoms with Crippen LogP contribution in [0.1, 0.15) is 29.8 Å². The average Bonchev–Trinajstić information content (AvgIpc) is 2.48. The molecule has 0 bridgehead atoms. The second-order valence-electron chi connectivity index (χ2n) is 4.87. The van der Waals surface area contributed by atoms with Crippen LogP contribution in [0.4, 0.5) is 5.69 Å². The lowest BCUT2D eigenvalue weighted by atomic mass is 10.1. The molecule has 110 valence electrons. The van der Waals surface area contributed by atoms with Crippen LogP contribution in [0.15, 0.2) is 29.5 Å². The van der Waals surface area contributed by atoms with Crippen molar-refractivity contribution in [3.8, 4) is 18.2 Å². The third kappa shape index (κ3) is 4.10. The Hall–Kier alpha value is -3.30. The van der Waals surface area contributed by atoms with Gasteiger partial charge in [-0.3, -0.25) is 4.79 Å². The average molecular weight is 293 g/mol. The molecular weight excluding hydrogens is 278 g/mol. The maximum absolute atomic E-state index is 11.9. The van der Waals surface area contributed by atoms with E-state index in [1.165, 1.54) is 0 Å². The lowest BCUT2D eigenvalue weighted by molar-refractivity contribution is 0.0943. The SMILES string of the molecule is Cc1cc(C(=O)NC(C)C)ccc1NC(C#N)=C(C#N)C#N. The van der Waals surface area contributed by atoms with Crippen LogP contribution in [-0.2, 0) is 0 Å². The predicted molar refractivity (Wildman–Crippen MR) is 81.3 cm³/mol. The number of aryl methyl sites for hydroxylation is 1. The zero-order valence-electron chi connectivity index (χ0n) is 12.6. The van der Waals surface area contributed by atoms with E-state index in [-0.39, 0.29) is 23.2 Å². The third-order valence-corrected chi connectivity index (χ3v) is 2.75. The number of amides is 1. The molecule has 0 fully saturated rings. The number of rotatable bonds is 4. The number of hydrogen-bond acceptors (Lipinski definition) is 5. The molecule has 22 heavy (non-hydrogen) atoms. The second-order valence-corrected chi connectivity index (χ2v) is 4.87. The van der Waals surface area contributed by atoms with E-state index in [0.717, 1.165) is 5.56 Å². The first-order valence-corrected chi connectivity index (χ1v) is 6.56. The molecular formula is C16H15N5O. The van der Waals surface area contributed by atoms with Crippen LogP contribution in [0.25, 0.3) is 0 Å². The monoisotopic (exact) mass is 293 g/mol. The van der Waals surface area contributed by atoms with Crippen molar-refractivity contribution in [1.29, 1.82) is 15.8 Å². The molecule has 6 nitrogen and oxygen atoms in total. The Morgan fingerprint density at radius 3 is 2.23 bits per heavy atom. The Labute approximate surface area is 129 Å². The molecule has 1 aromatic carbocycles. The first-order chi connectivity index (χ1) is 10.4. The van der Waals surface area contributed by atoms with Crippen molar-refractivity contribution in [2.24, 2.45) is 0 Å². The highest BCUT2D eigenvalue weighted by atomic mass is 16.1. The number of benzene rings is 1. The van der Waals surface area contributed by atoms with Crippen molar-refractivity contribution >= 4 is 11.6 Å².